The number of fused-ring (bicyclic) bond motifs is 1. The van der Waals surface area contributed by atoms with Crippen molar-refractivity contribution in [2.75, 3.05) is 5.32 Å². The standard InChI is InChI=1S/C29H19F4N7O/c30-20-5-3-18(4-6-20)27-28(39(16-35-27)21-7-1-17(2-8-21)13-23(31)32)22-9-10-26-36-25(15-40(26)38-22)37-29(41)19-11-12-34-24(33)14-19/h1-12,14-16,23H,13H2,(H,37,41). The minimum absolute atomic E-state index is 0.0793. The van der Waals surface area contributed by atoms with E-state index in [9.17, 15) is 22.4 Å². The molecule has 0 saturated carbocycles. The van der Waals surface area contributed by atoms with E-state index < -0.39 is 24.1 Å². The van der Waals surface area contributed by atoms with Crippen molar-refractivity contribution >= 4 is 17.4 Å². The number of pyridine rings is 1. The number of hydrogen-bond donors (Lipinski definition) is 1. The molecule has 0 fully saturated rings. The van der Waals surface area contributed by atoms with E-state index in [1.165, 1.54) is 35.1 Å². The van der Waals surface area contributed by atoms with Crippen LogP contribution < -0.4 is 5.32 Å². The van der Waals surface area contributed by atoms with Crippen molar-refractivity contribution in [3.05, 3.63) is 114 Å². The average Bonchev–Trinajstić information content (AvgIpc) is 3.57. The molecule has 0 atom stereocenters. The van der Waals surface area contributed by atoms with Gasteiger partial charge in [0.15, 0.2) is 11.5 Å². The van der Waals surface area contributed by atoms with Gasteiger partial charge in [0.2, 0.25) is 12.4 Å². The van der Waals surface area contributed by atoms with Crippen molar-refractivity contribution in [1.82, 2.24) is 29.1 Å². The lowest BCUT2D eigenvalue weighted by Crippen LogP contribution is -2.12. The summed E-state index contributed by atoms with van der Waals surface area (Å²) in [7, 11) is 0. The van der Waals surface area contributed by atoms with Gasteiger partial charge in [0.05, 0.1) is 11.9 Å². The van der Waals surface area contributed by atoms with E-state index in [0.717, 1.165) is 6.07 Å². The highest BCUT2D eigenvalue weighted by Gasteiger charge is 2.19. The van der Waals surface area contributed by atoms with E-state index in [2.05, 4.69) is 25.4 Å². The Bertz CT molecular complexity index is 1870. The molecule has 8 nitrogen and oxygen atoms in total. The molecule has 4 heterocycles. The third-order valence-electron chi connectivity index (χ3n) is 6.28. The lowest BCUT2D eigenvalue weighted by atomic mass is 10.1. The first-order chi connectivity index (χ1) is 19.8. The molecule has 6 rings (SSSR count). The monoisotopic (exact) mass is 557 g/mol. The first kappa shape index (κ1) is 25.9. The normalized spacial score (nSPS) is 11.3. The van der Waals surface area contributed by atoms with Gasteiger partial charge < -0.3 is 5.32 Å². The summed E-state index contributed by atoms with van der Waals surface area (Å²) in [6.07, 6.45) is 1.46. The zero-order valence-electron chi connectivity index (χ0n) is 21.0. The van der Waals surface area contributed by atoms with Gasteiger partial charge in [-0.3, -0.25) is 9.36 Å². The summed E-state index contributed by atoms with van der Waals surface area (Å²) in [5, 5.41) is 7.29. The zero-order chi connectivity index (χ0) is 28.5. The fourth-order valence-electron chi connectivity index (χ4n) is 4.38. The molecule has 204 valence electrons. The minimum atomic E-state index is -2.46. The fraction of sp³-hybridized carbons (Fsp3) is 0.0690. The highest BCUT2D eigenvalue weighted by atomic mass is 19.3. The number of nitrogens with one attached hydrogen (secondary N) is 1. The first-order valence-electron chi connectivity index (χ1n) is 12.3. The van der Waals surface area contributed by atoms with Gasteiger partial charge >= 0.3 is 0 Å². The van der Waals surface area contributed by atoms with Crippen LogP contribution in [-0.2, 0) is 6.42 Å². The van der Waals surface area contributed by atoms with Crippen molar-refractivity contribution < 1.29 is 22.4 Å². The van der Waals surface area contributed by atoms with Crippen molar-refractivity contribution in [3.8, 4) is 28.3 Å². The fourth-order valence-corrected chi connectivity index (χ4v) is 4.38. The third-order valence-corrected chi connectivity index (χ3v) is 6.28. The Labute approximate surface area is 230 Å². The van der Waals surface area contributed by atoms with Crippen LogP contribution in [0, 0.1) is 11.8 Å². The van der Waals surface area contributed by atoms with Gasteiger partial charge in [0.25, 0.3) is 5.91 Å². The summed E-state index contributed by atoms with van der Waals surface area (Å²) in [4.78, 5) is 24.9. The summed E-state index contributed by atoms with van der Waals surface area (Å²) < 4.78 is 56.0. The van der Waals surface area contributed by atoms with Crippen LogP contribution in [0.25, 0.3) is 34.0 Å². The SMILES string of the molecule is O=C(Nc1cn2nc(-c3c(-c4ccc(F)cc4)ncn3-c3ccc(CC(F)F)cc3)ccc2n1)c1ccnc(F)c1. The number of anilines is 1. The lowest BCUT2D eigenvalue weighted by Gasteiger charge is -2.11. The number of aromatic nitrogens is 6. The highest BCUT2D eigenvalue weighted by molar-refractivity contribution is 6.03. The molecule has 0 radical (unpaired) electrons. The van der Waals surface area contributed by atoms with Crippen LogP contribution in [0.15, 0.2) is 91.5 Å². The van der Waals surface area contributed by atoms with Gasteiger partial charge in [-0.1, -0.05) is 12.1 Å². The molecule has 0 aliphatic rings. The molecule has 4 aromatic heterocycles. The summed E-state index contributed by atoms with van der Waals surface area (Å²) in [5.41, 5.74) is 3.84. The Kier molecular flexibility index (Phi) is 6.71. The third kappa shape index (κ3) is 5.39. The predicted octanol–water partition coefficient (Wildman–Crippen LogP) is 5.98. The second-order valence-electron chi connectivity index (χ2n) is 9.05. The Balaban J connectivity index is 1.40. The maximum absolute atomic E-state index is 13.7. The number of carbonyl (C=O) groups is 1. The Hall–Kier alpha value is -5.39. The van der Waals surface area contributed by atoms with Crippen molar-refractivity contribution in [1.29, 1.82) is 0 Å². The number of carbonyl (C=O) groups excluding carboxylic acids is 1. The number of imidazole rings is 2. The molecule has 0 unspecified atom stereocenters. The van der Waals surface area contributed by atoms with E-state index in [1.807, 2.05) is 0 Å². The molecule has 12 heteroatoms. The number of benzene rings is 2. The number of halogens is 4. The average molecular weight is 558 g/mol. The Morgan fingerprint density at radius 3 is 2.44 bits per heavy atom. The Morgan fingerprint density at radius 2 is 1.71 bits per heavy atom. The van der Waals surface area contributed by atoms with E-state index in [-0.39, 0.29) is 17.8 Å². The minimum Gasteiger partial charge on any atom is -0.305 e. The Morgan fingerprint density at radius 1 is 0.927 bits per heavy atom. The second kappa shape index (κ2) is 10.6. The van der Waals surface area contributed by atoms with E-state index in [0.29, 0.717) is 39.5 Å². The molecule has 0 bridgehead atoms. The topological polar surface area (TPSA) is 90.0 Å². The maximum atomic E-state index is 13.7. The van der Waals surface area contributed by atoms with E-state index in [1.54, 1.807) is 59.4 Å². The van der Waals surface area contributed by atoms with Crippen molar-refractivity contribution in [2.45, 2.75) is 12.8 Å². The summed E-state index contributed by atoms with van der Waals surface area (Å²) in [6, 6.07) is 18.3. The first-order valence-corrected chi connectivity index (χ1v) is 12.3. The van der Waals surface area contributed by atoms with Gasteiger partial charge in [0, 0.05) is 35.5 Å². The molecule has 0 spiro atoms. The van der Waals surface area contributed by atoms with Crippen LogP contribution >= 0.6 is 0 Å². The van der Waals surface area contributed by atoms with E-state index in [4.69, 9.17) is 0 Å². The number of nitrogens with zero attached hydrogens (tertiary/aromatic N) is 6. The number of rotatable bonds is 7. The summed E-state index contributed by atoms with van der Waals surface area (Å²) in [5.74, 6) is -1.55. The molecule has 0 aliphatic carbocycles. The molecular formula is C29H19F4N7O. The molecule has 0 aliphatic heterocycles. The van der Waals surface area contributed by atoms with Crippen molar-refractivity contribution in [2.24, 2.45) is 0 Å². The quantitative estimate of drug-likeness (QED) is 0.193. The van der Waals surface area contributed by atoms with Gasteiger partial charge in [0.1, 0.15) is 23.5 Å². The molecule has 2 aromatic carbocycles. The molecule has 1 amide bonds. The molecule has 1 N–H and O–H groups in total. The number of amides is 1. The molecule has 41 heavy (non-hydrogen) atoms. The second-order valence-corrected chi connectivity index (χ2v) is 9.05. The van der Waals surface area contributed by atoms with Crippen LogP contribution in [0.5, 0.6) is 0 Å². The summed E-state index contributed by atoms with van der Waals surface area (Å²) in [6.45, 7) is 0. The maximum Gasteiger partial charge on any atom is 0.257 e. The van der Waals surface area contributed by atoms with Crippen LogP contribution in [0.3, 0.4) is 0 Å². The zero-order valence-corrected chi connectivity index (χ0v) is 21.0. The highest BCUT2D eigenvalue weighted by Crippen LogP contribution is 2.33. The van der Waals surface area contributed by atoms with Gasteiger partial charge in [-0.2, -0.15) is 9.49 Å². The van der Waals surface area contributed by atoms with Crippen LogP contribution in [0.4, 0.5) is 23.4 Å². The molecule has 6 aromatic rings. The lowest BCUT2D eigenvalue weighted by molar-refractivity contribution is 0.102. The summed E-state index contributed by atoms with van der Waals surface area (Å²) >= 11 is 0. The van der Waals surface area contributed by atoms with Crippen molar-refractivity contribution in [3.63, 3.8) is 0 Å². The predicted molar refractivity (Wildman–Crippen MR) is 143 cm³/mol. The van der Waals surface area contributed by atoms with Gasteiger partial charge in [-0.25, -0.2) is 32.6 Å². The van der Waals surface area contributed by atoms with Crippen LogP contribution in [0.2, 0.25) is 0 Å². The van der Waals surface area contributed by atoms with Crippen LogP contribution in [0.1, 0.15) is 15.9 Å². The smallest absolute Gasteiger partial charge is 0.257 e. The molecular weight excluding hydrogens is 538 g/mol. The van der Waals surface area contributed by atoms with Crippen LogP contribution in [-0.4, -0.2) is 41.5 Å². The van der Waals surface area contributed by atoms with E-state index >= 15 is 0 Å². The number of hydrogen-bond acceptors (Lipinski definition) is 5. The number of alkyl halides is 2. The van der Waals surface area contributed by atoms with Gasteiger partial charge in [-0.15, -0.1) is 0 Å². The largest absolute Gasteiger partial charge is 0.305 e. The molecule has 0 saturated heterocycles. The van der Waals surface area contributed by atoms with Gasteiger partial charge in [-0.05, 0) is 60.2 Å².